The van der Waals surface area contributed by atoms with Gasteiger partial charge in [0.1, 0.15) is 17.7 Å². The lowest BCUT2D eigenvalue weighted by Crippen LogP contribution is -2.45. The van der Waals surface area contributed by atoms with Crippen molar-refractivity contribution in [3.8, 4) is 6.07 Å². The van der Waals surface area contributed by atoms with Crippen LogP contribution in [0.2, 0.25) is 0 Å². The van der Waals surface area contributed by atoms with Crippen molar-refractivity contribution in [2.45, 2.75) is 25.6 Å². The second-order valence-corrected chi connectivity index (χ2v) is 12.2. The number of halogens is 1. The van der Waals surface area contributed by atoms with E-state index in [1.165, 1.54) is 17.0 Å². The highest BCUT2D eigenvalue weighted by Gasteiger charge is 2.23. The Hall–Kier alpha value is -6.14. The summed E-state index contributed by atoms with van der Waals surface area (Å²) < 4.78 is 13.8. The summed E-state index contributed by atoms with van der Waals surface area (Å²) in [7, 11) is 3.36. The van der Waals surface area contributed by atoms with E-state index in [0.717, 1.165) is 42.9 Å². The molecular weight excluding hydrogens is 639 g/mol. The van der Waals surface area contributed by atoms with Gasteiger partial charge in [0.05, 0.1) is 29.2 Å². The van der Waals surface area contributed by atoms with E-state index in [0.29, 0.717) is 41.9 Å². The second kappa shape index (κ2) is 15.4. The molecule has 0 aliphatic carbocycles. The van der Waals surface area contributed by atoms with Crippen LogP contribution in [0.25, 0.3) is 11.0 Å². The van der Waals surface area contributed by atoms with Gasteiger partial charge in [-0.1, -0.05) is 24.3 Å². The molecule has 15 heteroatoms. The Bertz CT molecular complexity index is 2000. The lowest BCUT2D eigenvalue weighted by atomic mass is 10.0. The van der Waals surface area contributed by atoms with Crippen LogP contribution >= 0.6 is 0 Å². The minimum atomic E-state index is -0.727. The molecule has 5 aromatic rings. The van der Waals surface area contributed by atoms with E-state index in [-0.39, 0.29) is 36.1 Å². The predicted molar refractivity (Wildman–Crippen MR) is 187 cm³/mol. The third-order valence-electron chi connectivity index (χ3n) is 8.25. The highest BCUT2D eigenvalue weighted by Crippen LogP contribution is 2.21. The number of amides is 2. The van der Waals surface area contributed by atoms with Gasteiger partial charge in [-0.3, -0.25) is 14.5 Å². The van der Waals surface area contributed by atoms with Gasteiger partial charge >= 0.3 is 0 Å². The van der Waals surface area contributed by atoms with Crippen molar-refractivity contribution in [1.82, 2.24) is 39.6 Å². The second-order valence-electron chi connectivity index (χ2n) is 12.2. The number of likely N-dealkylation sites (N-methyl/N-ethyl adjacent to an activating group) is 1. The molecule has 2 amide bonds. The van der Waals surface area contributed by atoms with Gasteiger partial charge in [-0.25, -0.2) is 9.37 Å². The van der Waals surface area contributed by atoms with E-state index in [1.54, 1.807) is 37.2 Å². The van der Waals surface area contributed by atoms with Gasteiger partial charge in [0, 0.05) is 58.9 Å². The van der Waals surface area contributed by atoms with E-state index in [1.807, 2.05) is 36.4 Å². The molecule has 1 atom stereocenters. The summed E-state index contributed by atoms with van der Waals surface area (Å²) in [5.74, 6) is 0.623. The summed E-state index contributed by atoms with van der Waals surface area (Å²) in [4.78, 5) is 51.5. The number of aromatic nitrogens is 5. The van der Waals surface area contributed by atoms with Crippen LogP contribution in [0.3, 0.4) is 0 Å². The number of aromatic amines is 1. The molecule has 1 unspecified atom stereocenters. The summed E-state index contributed by atoms with van der Waals surface area (Å²) in [6, 6.07) is 20.7. The molecule has 1 aliphatic rings. The zero-order valence-corrected chi connectivity index (χ0v) is 27.7. The van der Waals surface area contributed by atoms with E-state index in [2.05, 4.69) is 51.8 Å². The number of nitrogens with zero attached hydrogens (tertiary/aromatic N) is 8. The number of carbonyl (C=O) groups is 2. The largest absolute Gasteiger partial charge is 0.347 e. The highest BCUT2D eigenvalue weighted by molar-refractivity contribution is 5.84. The minimum absolute atomic E-state index is 0.162. The average molecular weight is 677 g/mol. The first-order chi connectivity index (χ1) is 24.2. The zero-order chi connectivity index (χ0) is 35.0. The number of nitrogens with one attached hydrogen (secondary N) is 4. The molecule has 1 aliphatic heterocycles. The maximum absolute atomic E-state index is 13.8. The number of imidazole rings is 1. The normalized spacial score (nSPS) is 13.8. The molecule has 0 radical (unpaired) electrons. The van der Waals surface area contributed by atoms with E-state index in [9.17, 15) is 19.2 Å². The fraction of sp³-hybridized carbons (Fsp3) is 0.286. The van der Waals surface area contributed by atoms with E-state index in [4.69, 9.17) is 0 Å². The molecule has 0 bridgehead atoms. The number of nitriles is 1. The van der Waals surface area contributed by atoms with Gasteiger partial charge in [-0.05, 0) is 53.6 Å². The van der Waals surface area contributed by atoms with Gasteiger partial charge in [0.25, 0.3) is 0 Å². The smallest absolute Gasteiger partial charge is 0.244 e. The van der Waals surface area contributed by atoms with Gasteiger partial charge in [0.15, 0.2) is 0 Å². The van der Waals surface area contributed by atoms with Crippen LogP contribution < -0.4 is 16.0 Å². The van der Waals surface area contributed by atoms with Crippen molar-refractivity contribution in [3.63, 3.8) is 0 Å². The van der Waals surface area contributed by atoms with Crippen LogP contribution in [0.15, 0.2) is 66.7 Å². The van der Waals surface area contributed by atoms with Gasteiger partial charge in [0.2, 0.25) is 30.2 Å². The predicted octanol–water partition coefficient (Wildman–Crippen LogP) is 3.50. The Morgan fingerprint density at radius 2 is 1.74 bits per heavy atom. The SMILES string of the molecule is CN(C)C(=O)C(Cc1ccc(C#N)cc1)Nc1nc(NCc2nc3ccc(F)cc3[nH]2)nc(Nc2cccc(CN3CCN(C=O)CC3)c2)n1. The quantitative estimate of drug-likeness (QED) is 0.135. The van der Waals surface area contributed by atoms with Gasteiger partial charge in [-0.15, -0.1) is 0 Å². The van der Waals surface area contributed by atoms with Crippen LogP contribution in [0, 0.1) is 17.1 Å². The summed E-state index contributed by atoms with van der Waals surface area (Å²) in [5, 5.41) is 18.9. The third-order valence-corrected chi connectivity index (χ3v) is 8.25. The molecule has 3 aromatic carbocycles. The molecule has 4 N–H and O–H groups in total. The molecule has 256 valence electrons. The van der Waals surface area contributed by atoms with Crippen LogP contribution in [-0.2, 0) is 29.1 Å². The number of rotatable bonds is 13. The van der Waals surface area contributed by atoms with Crippen molar-refractivity contribution in [2.24, 2.45) is 0 Å². The van der Waals surface area contributed by atoms with E-state index < -0.39 is 6.04 Å². The summed E-state index contributed by atoms with van der Waals surface area (Å²) in [6.07, 6.45) is 1.21. The summed E-state index contributed by atoms with van der Waals surface area (Å²) >= 11 is 0. The number of carbonyl (C=O) groups excluding carboxylic acids is 2. The monoisotopic (exact) mass is 676 g/mol. The van der Waals surface area contributed by atoms with Gasteiger partial charge < -0.3 is 30.7 Å². The number of H-pyrrole nitrogens is 1. The maximum atomic E-state index is 13.8. The first kappa shape index (κ1) is 33.7. The maximum Gasteiger partial charge on any atom is 0.244 e. The average Bonchev–Trinajstić information content (AvgIpc) is 3.53. The lowest BCUT2D eigenvalue weighted by molar-refractivity contribution is -0.129. The molecule has 0 spiro atoms. The Balaban J connectivity index is 1.25. The Kier molecular flexibility index (Phi) is 10.4. The summed E-state index contributed by atoms with van der Waals surface area (Å²) in [5.41, 5.74) is 4.42. The Morgan fingerprint density at radius 1 is 0.980 bits per heavy atom. The van der Waals surface area contributed by atoms with E-state index >= 15 is 0 Å². The number of piperazine rings is 1. The highest BCUT2D eigenvalue weighted by atomic mass is 19.1. The van der Waals surface area contributed by atoms with Crippen LogP contribution in [-0.4, -0.2) is 98.3 Å². The van der Waals surface area contributed by atoms with Crippen molar-refractivity contribution in [1.29, 1.82) is 5.26 Å². The van der Waals surface area contributed by atoms with Crippen molar-refractivity contribution < 1.29 is 14.0 Å². The molecule has 2 aromatic heterocycles. The molecule has 1 fully saturated rings. The van der Waals surface area contributed by atoms with Crippen molar-refractivity contribution in [3.05, 3.63) is 95.1 Å². The van der Waals surface area contributed by atoms with Crippen LogP contribution in [0.1, 0.15) is 22.5 Å². The van der Waals surface area contributed by atoms with Crippen LogP contribution in [0.5, 0.6) is 0 Å². The molecule has 14 nitrogen and oxygen atoms in total. The van der Waals surface area contributed by atoms with Gasteiger partial charge in [-0.2, -0.15) is 20.2 Å². The first-order valence-corrected chi connectivity index (χ1v) is 16.1. The Labute approximate surface area is 288 Å². The van der Waals surface area contributed by atoms with Crippen molar-refractivity contribution >= 4 is 46.9 Å². The first-order valence-electron chi connectivity index (χ1n) is 16.1. The fourth-order valence-corrected chi connectivity index (χ4v) is 5.64. The molecule has 50 heavy (non-hydrogen) atoms. The Morgan fingerprint density at radius 3 is 2.48 bits per heavy atom. The standard InChI is InChI=1S/C35H37FN12O2/c1-46(2)32(50)30(17-23-6-8-24(19-37)9-7-23)42-35-44-33(38-20-31-40-28-11-10-26(36)18-29(28)41-31)43-34(45-35)39-27-5-3-4-25(16-27)21-47-12-14-48(22-49)15-13-47/h3-11,16,18,22,30H,12-15,17,20-21H2,1-2H3,(H,40,41)(H3,38,39,42,43,44,45). The number of hydrogen-bond donors (Lipinski definition) is 4. The third kappa shape index (κ3) is 8.65. The molecule has 1 saturated heterocycles. The molecule has 0 saturated carbocycles. The minimum Gasteiger partial charge on any atom is -0.347 e. The number of benzene rings is 3. The number of anilines is 4. The van der Waals surface area contributed by atoms with Crippen molar-refractivity contribution in [2.75, 3.05) is 56.2 Å². The number of fused-ring (bicyclic) bond motifs is 1. The lowest BCUT2D eigenvalue weighted by Gasteiger charge is -2.32. The number of hydrogen-bond acceptors (Lipinski definition) is 11. The topological polar surface area (TPSA) is 171 Å². The molecule has 6 rings (SSSR count). The zero-order valence-electron chi connectivity index (χ0n) is 27.7. The van der Waals surface area contributed by atoms with Crippen LogP contribution in [0.4, 0.5) is 27.9 Å². The molecular formula is C35H37FN12O2. The summed E-state index contributed by atoms with van der Waals surface area (Å²) in [6.45, 7) is 3.92. The fourth-order valence-electron chi connectivity index (χ4n) is 5.64. The molecule has 3 heterocycles.